The van der Waals surface area contributed by atoms with Gasteiger partial charge in [-0.15, -0.1) is 0 Å². The van der Waals surface area contributed by atoms with Crippen LogP contribution >= 0.6 is 0 Å². The smallest absolute Gasteiger partial charge is 0.362 e. The van der Waals surface area contributed by atoms with E-state index in [4.69, 9.17) is 14.7 Å². The van der Waals surface area contributed by atoms with Crippen LogP contribution in [0.5, 0.6) is 5.75 Å². The second-order valence-corrected chi connectivity index (χ2v) is 9.05. The molecule has 13 nitrogen and oxygen atoms in total. The molecule has 34 heavy (non-hydrogen) atoms. The summed E-state index contributed by atoms with van der Waals surface area (Å²) < 4.78 is 38.3. The van der Waals surface area contributed by atoms with Gasteiger partial charge in [-0.05, 0) is 23.8 Å². The van der Waals surface area contributed by atoms with E-state index >= 15 is 0 Å². The number of aliphatic hydroxyl groups is 2. The third-order valence-electron chi connectivity index (χ3n) is 5.55. The van der Waals surface area contributed by atoms with E-state index in [1.807, 2.05) is 0 Å². The zero-order valence-corrected chi connectivity index (χ0v) is 18.1. The molecular formula is C20H19N5O8S. The molecule has 1 amide bonds. The van der Waals surface area contributed by atoms with Crippen molar-refractivity contribution in [2.75, 3.05) is 12.3 Å². The second kappa shape index (κ2) is 8.03. The Hall–Kier alpha value is -3.56. The number of carbonyl (C=O) groups is 1. The third kappa shape index (κ3) is 3.66. The van der Waals surface area contributed by atoms with Crippen LogP contribution in [0.25, 0.3) is 23.3 Å². The number of nitrogens with zero attached hydrogens (tertiary/aromatic N) is 3. The number of nitrogen functional groups attached to an aromatic ring is 1. The van der Waals surface area contributed by atoms with Crippen LogP contribution in [0.3, 0.4) is 0 Å². The first-order chi connectivity index (χ1) is 16.2. The van der Waals surface area contributed by atoms with Crippen molar-refractivity contribution in [3.05, 3.63) is 47.4 Å². The highest BCUT2D eigenvalue weighted by Crippen LogP contribution is 2.35. The molecule has 2 aliphatic rings. The SMILES string of the molecule is Nc1ccnc2c1nc1n2[C@@H]2O[C@H](COS(=O)(=O)NC(=O)c3c(O)cccc3/C=C\1)[C@@H](O)[C@H]2O. The highest BCUT2D eigenvalue weighted by atomic mass is 32.2. The number of nitrogens with one attached hydrogen (secondary N) is 1. The Morgan fingerprint density at radius 3 is 2.76 bits per heavy atom. The number of phenolic OH excluding ortho intramolecular Hbond substituents is 1. The Labute approximate surface area is 192 Å². The normalized spacial score (nSPS) is 27.4. The summed E-state index contributed by atoms with van der Waals surface area (Å²) in [5.41, 5.74) is 6.72. The molecule has 178 valence electrons. The number of hydrogen-bond donors (Lipinski definition) is 5. The van der Waals surface area contributed by atoms with Crippen LogP contribution in [-0.2, 0) is 19.2 Å². The number of nitrogens with two attached hydrogens (primary N) is 1. The lowest BCUT2D eigenvalue weighted by molar-refractivity contribution is -0.0471. The Kier molecular flexibility index (Phi) is 5.26. The number of phenols is 1. The molecular weight excluding hydrogens is 470 g/mol. The van der Waals surface area contributed by atoms with E-state index in [2.05, 4.69) is 9.97 Å². The van der Waals surface area contributed by atoms with Gasteiger partial charge in [-0.25, -0.2) is 14.7 Å². The number of carbonyl (C=O) groups excluding carboxylic acids is 1. The third-order valence-corrected chi connectivity index (χ3v) is 6.43. The number of pyridine rings is 1. The van der Waals surface area contributed by atoms with E-state index in [1.54, 1.807) is 4.72 Å². The van der Waals surface area contributed by atoms with Crippen LogP contribution in [0, 0.1) is 0 Å². The average Bonchev–Trinajstić information content (AvgIpc) is 3.28. The summed E-state index contributed by atoms with van der Waals surface area (Å²) in [6.45, 7) is -0.710. The lowest BCUT2D eigenvalue weighted by atomic mass is 10.1. The first-order valence-corrected chi connectivity index (χ1v) is 11.4. The molecule has 3 aromatic rings. The molecule has 0 saturated carbocycles. The van der Waals surface area contributed by atoms with Gasteiger partial charge in [0.25, 0.3) is 5.91 Å². The topological polar surface area (TPSA) is 199 Å². The van der Waals surface area contributed by atoms with Gasteiger partial charge in [0, 0.05) is 6.20 Å². The number of aromatic nitrogens is 3. The predicted molar refractivity (Wildman–Crippen MR) is 117 cm³/mol. The number of benzene rings is 1. The van der Waals surface area contributed by atoms with Gasteiger partial charge >= 0.3 is 10.3 Å². The quantitative estimate of drug-likeness (QED) is 0.273. The van der Waals surface area contributed by atoms with Gasteiger partial charge in [-0.1, -0.05) is 18.2 Å². The van der Waals surface area contributed by atoms with Crippen LogP contribution in [0.4, 0.5) is 5.69 Å². The van der Waals surface area contributed by atoms with Crippen LogP contribution in [0.2, 0.25) is 0 Å². The molecule has 2 aliphatic heterocycles. The van der Waals surface area contributed by atoms with Crippen molar-refractivity contribution in [3.63, 3.8) is 0 Å². The van der Waals surface area contributed by atoms with Crippen LogP contribution in [0.1, 0.15) is 28.0 Å². The first-order valence-electron chi connectivity index (χ1n) is 10.0. The lowest BCUT2D eigenvalue weighted by Crippen LogP contribution is -2.38. The van der Waals surface area contributed by atoms with Gasteiger partial charge in [0.05, 0.1) is 17.9 Å². The zero-order chi connectivity index (χ0) is 24.2. The fraction of sp³-hybridized carbons (Fsp3) is 0.250. The highest BCUT2D eigenvalue weighted by molar-refractivity contribution is 7.85. The van der Waals surface area contributed by atoms with Crippen molar-refractivity contribution in [1.82, 2.24) is 19.3 Å². The molecule has 1 aromatic carbocycles. The number of fused-ring (bicyclic) bond motifs is 7. The summed E-state index contributed by atoms with van der Waals surface area (Å²) >= 11 is 0. The first kappa shape index (κ1) is 22.2. The average molecular weight is 489 g/mol. The van der Waals surface area contributed by atoms with E-state index in [9.17, 15) is 28.5 Å². The number of imidazole rings is 1. The van der Waals surface area contributed by atoms with Crippen molar-refractivity contribution < 1.29 is 37.5 Å². The number of rotatable bonds is 0. The predicted octanol–water partition coefficient (Wildman–Crippen LogP) is -0.487. The van der Waals surface area contributed by atoms with Gasteiger partial charge in [0.1, 0.15) is 35.4 Å². The van der Waals surface area contributed by atoms with E-state index in [0.29, 0.717) is 11.2 Å². The van der Waals surface area contributed by atoms with Crippen molar-refractivity contribution in [3.8, 4) is 5.75 Å². The number of amides is 1. The standard InChI is InChI=1S/C20H19N5O8S/c21-10-6-7-22-18-15(10)23-13-5-4-9-2-1-3-11(26)14(9)19(29)24-34(30,31)32-8-12-16(27)17(28)20(33-12)25(13)18/h1-7,12,16-17,20,26-28H,8H2,(H2,21,22)(H,24,29)/b5-4-/t12-,16-,17-,20-/m1/s1. The molecule has 0 spiro atoms. The zero-order valence-electron chi connectivity index (χ0n) is 17.3. The summed E-state index contributed by atoms with van der Waals surface area (Å²) in [4.78, 5) is 21.4. The minimum absolute atomic E-state index is 0.162. The van der Waals surface area contributed by atoms with E-state index < -0.39 is 53.1 Å². The molecule has 4 heterocycles. The Morgan fingerprint density at radius 2 is 1.97 bits per heavy atom. The minimum atomic E-state index is -4.65. The van der Waals surface area contributed by atoms with Crippen molar-refractivity contribution in [1.29, 1.82) is 0 Å². The largest absolute Gasteiger partial charge is 0.507 e. The number of aromatic hydroxyl groups is 1. The van der Waals surface area contributed by atoms with Gasteiger partial charge in [0.2, 0.25) is 0 Å². The Balaban J connectivity index is 1.74. The maximum atomic E-state index is 12.7. The fourth-order valence-electron chi connectivity index (χ4n) is 3.93. The van der Waals surface area contributed by atoms with Crippen molar-refractivity contribution >= 4 is 45.2 Å². The molecule has 5 rings (SSSR count). The summed E-state index contributed by atoms with van der Waals surface area (Å²) in [7, 11) is -4.65. The monoisotopic (exact) mass is 489 g/mol. The van der Waals surface area contributed by atoms with E-state index in [-0.39, 0.29) is 22.6 Å². The Morgan fingerprint density at radius 1 is 1.18 bits per heavy atom. The van der Waals surface area contributed by atoms with Gasteiger partial charge in [0.15, 0.2) is 11.9 Å². The van der Waals surface area contributed by atoms with Crippen LogP contribution < -0.4 is 10.5 Å². The van der Waals surface area contributed by atoms with E-state index in [1.165, 1.54) is 47.2 Å². The molecule has 0 aliphatic carbocycles. The molecule has 0 radical (unpaired) electrons. The number of aliphatic hydroxyl groups excluding tert-OH is 2. The number of hydrogen-bond acceptors (Lipinski definition) is 11. The number of ether oxygens (including phenoxy) is 1. The molecule has 0 unspecified atom stereocenters. The molecule has 2 aromatic heterocycles. The highest BCUT2D eigenvalue weighted by Gasteiger charge is 2.46. The molecule has 2 bridgehead atoms. The summed E-state index contributed by atoms with van der Waals surface area (Å²) in [5.74, 6) is -1.40. The molecule has 4 atom stereocenters. The second-order valence-electron chi connectivity index (χ2n) is 7.70. The summed E-state index contributed by atoms with van der Waals surface area (Å²) in [6, 6.07) is 5.71. The summed E-state index contributed by atoms with van der Waals surface area (Å²) in [6.07, 6.45) is -1.21. The fourth-order valence-corrected chi connectivity index (χ4v) is 4.63. The van der Waals surface area contributed by atoms with Gasteiger partial charge in [-0.2, -0.15) is 8.42 Å². The van der Waals surface area contributed by atoms with Crippen molar-refractivity contribution in [2.24, 2.45) is 0 Å². The van der Waals surface area contributed by atoms with Crippen molar-refractivity contribution in [2.45, 2.75) is 24.5 Å². The van der Waals surface area contributed by atoms with Gasteiger partial charge < -0.3 is 25.8 Å². The van der Waals surface area contributed by atoms with Gasteiger partial charge in [-0.3, -0.25) is 13.5 Å². The minimum Gasteiger partial charge on any atom is -0.507 e. The molecule has 6 N–H and O–H groups in total. The molecule has 14 heteroatoms. The number of anilines is 1. The van der Waals surface area contributed by atoms with Crippen LogP contribution in [0.15, 0.2) is 30.5 Å². The Bertz CT molecular complexity index is 1440. The van der Waals surface area contributed by atoms with E-state index in [0.717, 1.165) is 0 Å². The summed E-state index contributed by atoms with van der Waals surface area (Å²) in [5, 5.41) is 31.4. The maximum absolute atomic E-state index is 12.7. The molecule has 1 fully saturated rings. The van der Waals surface area contributed by atoms with Crippen LogP contribution in [-0.4, -0.2) is 69.1 Å². The lowest BCUT2D eigenvalue weighted by Gasteiger charge is -2.19. The maximum Gasteiger partial charge on any atom is 0.362 e. The molecule has 1 saturated heterocycles.